The van der Waals surface area contributed by atoms with Gasteiger partial charge in [0.05, 0.1) is 6.04 Å². The molecular formula is C19H20FN3O4. The summed E-state index contributed by atoms with van der Waals surface area (Å²) in [5.74, 6) is -0.561. The summed E-state index contributed by atoms with van der Waals surface area (Å²) in [6.45, 7) is 1.88. The van der Waals surface area contributed by atoms with E-state index in [1.165, 1.54) is 21.9 Å². The zero-order valence-electron chi connectivity index (χ0n) is 15.3. The fraction of sp³-hybridized carbons (Fsp3) is 0.316. The van der Waals surface area contributed by atoms with Gasteiger partial charge in [0.25, 0.3) is 5.91 Å². The van der Waals surface area contributed by atoms with E-state index in [0.29, 0.717) is 17.7 Å². The number of halogens is 1. The molecule has 7 nitrogen and oxygen atoms in total. The molecule has 0 radical (unpaired) electrons. The van der Waals surface area contributed by atoms with Crippen LogP contribution in [0.25, 0.3) is 0 Å². The number of amides is 2. The fourth-order valence-corrected chi connectivity index (χ4v) is 2.96. The second kappa shape index (κ2) is 7.22. The normalized spacial score (nSPS) is 15.7. The average Bonchev–Trinajstić information content (AvgIpc) is 2.62. The van der Waals surface area contributed by atoms with Gasteiger partial charge in [0.1, 0.15) is 23.8 Å². The Bertz CT molecular complexity index is 883. The molecule has 0 aliphatic carbocycles. The predicted octanol–water partition coefficient (Wildman–Crippen LogP) is 2.78. The molecule has 142 valence electrons. The smallest absolute Gasteiger partial charge is 0.412 e. The van der Waals surface area contributed by atoms with Gasteiger partial charge in [-0.2, -0.15) is 0 Å². The number of carbonyl (C=O) groups excluding carboxylic acids is 1. The summed E-state index contributed by atoms with van der Waals surface area (Å²) in [6.07, 6.45) is -0.814. The van der Waals surface area contributed by atoms with E-state index in [1.54, 1.807) is 39.2 Å². The van der Waals surface area contributed by atoms with Crippen LogP contribution in [0.1, 0.15) is 28.5 Å². The highest BCUT2D eigenvalue weighted by Gasteiger charge is 2.32. The van der Waals surface area contributed by atoms with Gasteiger partial charge >= 0.3 is 6.09 Å². The lowest BCUT2D eigenvalue weighted by Gasteiger charge is -2.33. The molecule has 1 atom stereocenters. The molecule has 1 aromatic carbocycles. The van der Waals surface area contributed by atoms with E-state index < -0.39 is 6.09 Å². The first-order chi connectivity index (χ1) is 12.8. The number of ether oxygens (including phenoxy) is 1. The monoisotopic (exact) mass is 373 g/mol. The summed E-state index contributed by atoms with van der Waals surface area (Å²) in [5, 5.41) is 9.56. The van der Waals surface area contributed by atoms with Crippen LogP contribution < -0.4 is 9.64 Å². The largest absolute Gasteiger partial charge is 0.474 e. The highest BCUT2D eigenvalue weighted by molar-refractivity contribution is 5.96. The van der Waals surface area contributed by atoms with Crippen molar-refractivity contribution >= 4 is 17.7 Å². The molecule has 27 heavy (non-hydrogen) atoms. The van der Waals surface area contributed by atoms with E-state index in [4.69, 9.17) is 4.74 Å². The Hall–Kier alpha value is -3.16. The summed E-state index contributed by atoms with van der Waals surface area (Å²) in [4.78, 5) is 31.2. The van der Waals surface area contributed by atoms with Gasteiger partial charge in [-0.1, -0.05) is 12.1 Å². The Labute approximate surface area is 156 Å². The number of carbonyl (C=O) groups is 2. The van der Waals surface area contributed by atoms with E-state index in [2.05, 4.69) is 4.98 Å². The lowest BCUT2D eigenvalue weighted by molar-refractivity contribution is 0.0819. The Morgan fingerprint density at radius 3 is 2.59 bits per heavy atom. The highest BCUT2D eigenvalue weighted by atomic mass is 19.1. The van der Waals surface area contributed by atoms with Crippen molar-refractivity contribution < 1.29 is 23.8 Å². The molecule has 0 saturated carbocycles. The van der Waals surface area contributed by atoms with Gasteiger partial charge < -0.3 is 14.7 Å². The Morgan fingerprint density at radius 2 is 2.00 bits per heavy atom. The SMILES string of the molecule is CC1COc2nc(C(=O)N(C)C)c(Cc3ccc(F)cc3)cc2N1C(=O)O. The molecule has 2 aromatic rings. The standard InChI is InChI=1S/C19H20FN3O4/c1-11-10-27-17-15(23(11)19(25)26)9-13(16(21-17)18(24)22(2)3)8-12-4-6-14(20)7-5-12/h4-7,9,11H,8,10H2,1-3H3,(H,25,26). The van der Waals surface area contributed by atoms with Crippen LogP contribution in [0, 0.1) is 5.82 Å². The van der Waals surface area contributed by atoms with Gasteiger partial charge in [-0.3, -0.25) is 9.69 Å². The van der Waals surface area contributed by atoms with Crippen LogP contribution in [0.4, 0.5) is 14.9 Å². The highest BCUT2D eigenvalue weighted by Crippen LogP contribution is 2.35. The number of hydrogen-bond donors (Lipinski definition) is 1. The number of pyridine rings is 1. The van der Waals surface area contributed by atoms with Crippen molar-refractivity contribution in [2.24, 2.45) is 0 Å². The third-order valence-corrected chi connectivity index (χ3v) is 4.33. The molecule has 0 fully saturated rings. The molecule has 2 heterocycles. The molecule has 0 saturated heterocycles. The fourth-order valence-electron chi connectivity index (χ4n) is 2.96. The number of carboxylic acid groups (broad SMARTS) is 1. The number of aromatic nitrogens is 1. The van der Waals surface area contributed by atoms with E-state index in [-0.39, 0.29) is 35.9 Å². The Morgan fingerprint density at radius 1 is 1.33 bits per heavy atom. The maximum atomic E-state index is 13.2. The molecular weight excluding hydrogens is 353 g/mol. The van der Waals surface area contributed by atoms with Crippen molar-refractivity contribution in [2.45, 2.75) is 19.4 Å². The van der Waals surface area contributed by atoms with Crippen LogP contribution in [0.15, 0.2) is 30.3 Å². The van der Waals surface area contributed by atoms with Crippen molar-refractivity contribution in [1.29, 1.82) is 0 Å². The average molecular weight is 373 g/mol. The lowest BCUT2D eigenvalue weighted by Crippen LogP contribution is -2.45. The van der Waals surface area contributed by atoms with E-state index in [0.717, 1.165) is 5.56 Å². The number of rotatable bonds is 3. The molecule has 1 aliphatic rings. The third-order valence-electron chi connectivity index (χ3n) is 4.33. The number of benzene rings is 1. The van der Waals surface area contributed by atoms with Gasteiger partial charge in [0, 0.05) is 14.1 Å². The van der Waals surface area contributed by atoms with E-state index in [1.807, 2.05) is 0 Å². The lowest BCUT2D eigenvalue weighted by atomic mass is 10.0. The minimum Gasteiger partial charge on any atom is -0.474 e. The zero-order chi connectivity index (χ0) is 19.7. The minimum absolute atomic E-state index is 0.114. The van der Waals surface area contributed by atoms with E-state index in [9.17, 15) is 19.1 Å². The van der Waals surface area contributed by atoms with Crippen LogP contribution in [0.2, 0.25) is 0 Å². The molecule has 0 spiro atoms. The van der Waals surface area contributed by atoms with Crippen molar-refractivity contribution in [3.63, 3.8) is 0 Å². The Kier molecular flexibility index (Phi) is 4.98. The van der Waals surface area contributed by atoms with Gasteiger partial charge in [0.15, 0.2) is 0 Å². The topological polar surface area (TPSA) is 83.0 Å². The van der Waals surface area contributed by atoms with Crippen LogP contribution in [-0.2, 0) is 6.42 Å². The van der Waals surface area contributed by atoms with Gasteiger partial charge in [0.2, 0.25) is 5.88 Å². The molecule has 2 amide bonds. The summed E-state index contributed by atoms with van der Waals surface area (Å²) in [5.41, 5.74) is 1.80. The van der Waals surface area contributed by atoms with Crippen molar-refractivity contribution in [3.05, 3.63) is 53.0 Å². The van der Waals surface area contributed by atoms with Crippen molar-refractivity contribution in [3.8, 4) is 5.88 Å². The molecule has 0 bridgehead atoms. The Balaban J connectivity index is 2.12. The van der Waals surface area contributed by atoms with Crippen molar-refractivity contribution in [1.82, 2.24) is 9.88 Å². The molecule has 3 rings (SSSR count). The van der Waals surface area contributed by atoms with Gasteiger partial charge in [-0.15, -0.1) is 0 Å². The number of anilines is 1. The number of hydrogen-bond acceptors (Lipinski definition) is 4. The second-order valence-electron chi connectivity index (χ2n) is 6.64. The second-order valence-corrected chi connectivity index (χ2v) is 6.64. The number of fused-ring (bicyclic) bond motifs is 1. The summed E-state index contributed by atoms with van der Waals surface area (Å²) in [6, 6.07) is 7.14. The van der Waals surface area contributed by atoms with Crippen LogP contribution in [0.5, 0.6) is 5.88 Å². The first-order valence-electron chi connectivity index (χ1n) is 8.43. The van der Waals surface area contributed by atoms with Crippen molar-refractivity contribution in [2.75, 3.05) is 25.6 Å². The summed E-state index contributed by atoms with van der Waals surface area (Å²) in [7, 11) is 3.22. The molecule has 1 unspecified atom stereocenters. The molecule has 1 aliphatic heterocycles. The molecule has 8 heteroatoms. The van der Waals surface area contributed by atoms with E-state index >= 15 is 0 Å². The van der Waals surface area contributed by atoms with Gasteiger partial charge in [-0.25, -0.2) is 14.2 Å². The molecule has 1 N–H and O–H groups in total. The quantitative estimate of drug-likeness (QED) is 0.895. The maximum absolute atomic E-state index is 13.2. The van der Waals surface area contributed by atoms with Crippen LogP contribution in [0.3, 0.4) is 0 Å². The summed E-state index contributed by atoms with van der Waals surface area (Å²) < 4.78 is 18.8. The predicted molar refractivity (Wildman–Crippen MR) is 96.9 cm³/mol. The molecule has 1 aromatic heterocycles. The first-order valence-corrected chi connectivity index (χ1v) is 8.43. The number of nitrogens with zero attached hydrogens (tertiary/aromatic N) is 3. The summed E-state index contributed by atoms with van der Waals surface area (Å²) >= 11 is 0. The zero-order valence-corrected chi connectivity index (χ0v) is 15.3. The third kappa shape index (κ3) is 3.69. The minimum atomic E-state index is -1.12. The first kappa shape index (κ1) is 18.6. The maximum Gasteiger partial charge on any atom is 0.412 e. The van der Waals surface area contributed by atoms with Crippen LogP contribution >= 0.6 is 0 Å². The van der Waals surface area contributed by atoms with Crippen LogP contribution in [-0.4, -0.2) is 53.7 Å². The van der Waals surface area contributed by atoms with Gasteiger partial charge in [-0.05, 0) is 42.7 Å².